The summed E-state index contributed by atoms with van der Waals surface area (Å²) in [6.07, 6.45) is 79.1. The largest absolute Gasteiger partial charge is 0.462 e. The van der Waals surface area contributed by atoms with E-state index in [0.717, 1.165) is 109 Å². The lowest BCUT2D eigenvalue weighted by Crippen LogP contribution is -2.30. The van der Waals surface area contributed by atoms with Crippen LogP contribution in [0.4, 0.5) is 0 Å². The average molecular weight is 911 g/mol. The molecule has 66 heavy (non-hydrogen) atoms. The summed E-state index contributed by atoms with van der Waals surface area (Å²) in [5.74, 6) is -0.525. The second-order valence-corrected chi connectivity index (χ2v) is 17.0. The number of esters is 2. The van der Waals surface area contributed by atoms with Crippen LogP contribution in [-0.4, -0.2) is 37.9 Å². The van der Waals surface area contributed by atoms with Crippen LogP contribution in [0, 0.1) is 0 Å². The van der Waals surface area contributed by atoms with Crippen LogP contribution < -0.4 is 0 Å². The van der Waals surface area contributed by atoms with E-state index in [9.17, 15) is 9.59 Å². The number of ether oxygens (including phenoxy) is 3. The molecule has 5 nitrogen and oxygen atoms in total. The maximum absolute atomic E-state index is 12.8. The smallest absolute Gasteiger partial charge is 0.306 e. The predicted molar refractivity (Wildman–Crippen MR) is 288 cm³/mol. The van der Waals surface area contributed by atoms with Gasteiger partial charge < -0.3 is 14.2 Å². The van der Waals surface area contributed by atoms with E-state index in [4.69, 9.17) is 14.2 Å². The van der Waals surface area contributed by atoms with Crippen LogP contribution >= 0.6 is 0 Å². The Morgan fingerprint density at radius 2 is 0.712 bits per heavy atom. The van der Waals surface area contributed by atoms with Crippen molar-refractivity contribution < 1.29 is 23.8 Å². The van der Waals surface area contributed by atoms with Crippen LogP contribution in [0.25, 0.3) is 0 Å². The Morgan fingerprint density at radius 3 is 1.15 bits per heavy atom. The summed E-state index contributed by atoms with van der Waals surface area (Å²) in [6, 6.07) is 0. The Bertz CT molecular complexity index is 1400. The molecule has 5 heteroatoms. The van der Waals surface area contributed by atoms with Crippen molar-refractivity contribution in [1.29, 1.82) is 0 Å². The fraction of sp³-hybridized carbons (Fsp3) is 0.607. The lowest BCUT2D eigenvalue weighted by atomic mass is 10.1. The van der Waals surface area contributed by atoms with E-state index in [1.165, 1.54) is 64.2 Å². The lowest BCUT2D eigenvalue weighted by molar-refractivity contribution is -0.162. The summed E-state index contributed by atoms with van der Waals surface area (Å²) in [4.78, 5) is 25.4. The van der Waals surface area contributed by atoms with Gasteiger partial charge in [0.05, 0.1) is 6.61 Å². The second kappa shape index (κ2) is 55.4. The highest BCUT2D eigenvalue weighted by Gasteiger charge is 2.17. The molecule has 372 valence electrons. The highest BCUT2D eigenvalue weighted by molar-refractivity contribution is 5.70. The lowest BCUT2D eigenvalue weighted by Gasteiger charge is -2.18. The molecule has 0 aliphatic heterocycles. The first-order valence-electron chi connectivity index (χ1n) is 26.7. The summed E-state index contributed by atoms with van der Waals surface area (Å²) >= 11 is 0. The van der Waals surface area contributed by atoms with Crippen LogP contribution in [0.5, 0.6) is 0 Å². The van der Waals surface area contributed by atoms with Crippen LogP contribution in [0.15, 0.2) is 134 Å². The molecule has 0 fully saturated rings. The minimum Gasteiger partial charge on any atom is -0.462 e. The molecule has 0 N–H and O–H groups in total. The first kappa shape index (κ1) is 62.0. The molecule has 0 bridgehead atoms. The minimum absolute atomic E-state index is 0.0331. The van der Waals surface area contributed by atoms with Gasteiger partial charge in [-0.15, -0.1) is 0 Å². The summed E-state index contributed by atoms with van der Waals surface area (Å²) < 4.78 is 17.3. The van der Waals surface area contributed by atoms with Crippen molar-refractivity contribution in [3.63, 3.8) is 0 Å². The highest BCUT2D eigenvalue weighted by atomic mass is 16.6. The molecule has 0 aromatic heterocycles. The van der Waals surface area contributed by atoms with Gasteiger partial charge >= 0.3 is 11.9 Å². The Morgan fingerprint density at radius 1 is 0.348 bits per heavy atom. The highest BCUT2D eigenvalue weighted by Crippen LogP contribution is 2.12. The molecule has 0 spiro atoms. The first-order chi connectivity index (χ1) is 32.6. The SMILES string of the molecule is CC/C=C\C/C=C\C/C=C\C/C=C\CCCCCCCOCC(COC(=O)CCCCCCCC/C=C\C/C=C\C/C=C\CCCCC)OC(=O)CC/C=C\C/C=C\C/C=C\C/C=C\CC. The molecule has 0 saturated carbocycles. The normalized spacial score (nSPS) is 13.3. The second-order valence-electron chi connectivity index (χ2n) is 17.0. The molecule has 1 atom stereocenters. The zero-order chi connectivity index (χ0) is 47.7. The molecule has 0 aliphatic carbocycles. The van der Waals surface area contributed by atoms with Crippen molar-refractivity contribution in [2.45, 2.75) is 219 Å². The monoisotopic (exact) mass is 911 g/mol. The maximum atomic E-state index is 12.8. The van der Waals surface area contributed by atoms with Gasteiger partial charge in [-0.3, -0.25) is 9.59 Å². The fourth-order valence-electron chi connectivity index (χ4n) is 6.76. The Kier molecular flexibility index (Phi) is 52.0. The average Bonchev–Trinajstić information content (AvgIpc) is 3.32. The third-order valence-electron chi connectivity index (χ3n) is 10.7. The van der Waals surface area contributed by atoms with Gasteiger partial charge in [0.1, 0.15) is 6.61 Å². The first-order valence-corrected chi connectivity index (χ1v) is 26.7. The van der Waals surface area contributed by atoms with Gasteiger partial charge in [-0.1, -0.05) is 212 Å². The van der Waals surface area contributed by atoms with Crippen molar-refractivity contribution in [2.75, 3.05) is 19.8 Å². The van der Waals surface area contributed by atoms with Gasteiger partial charge in [-0.25, -0.2) is 0 Å². The molecule has 1 unspecified atom stereocenters. The van der Waals surface area contributed by atoms with Gasteiger partial charge in [0.25, 0.3) is 0 Å². The standard InChI is InChI=1S/C61H98O5/c1-4-7-10-13-16-19-22-25-27-29-31-32-34-37-39-42-45-48-51-54-60(62)65-58-59(66-61(63)55-52-49-46-43-40-36-24-21-18-15-12-9-6-3)57-64-56-53-50-47-44-41-38-35-33-30-28-26-23-20-17-14-11-8-5-2/h8-9,11-12,16-21,25-28,31-33,35-36,40,46,49,59H,4-7,10,13-15,22-24,29-30,34,37-39,41-45,47-48,50-58H2,1-3H3/b11-8-,12-9-,19-16-,20-17-,21-18-,27-25-,28-26-,32-31-,35-33-,40-36-,49-46-. The molecular weight excluding hydrogens is 813 g/mol. The molecule has 0 heterocycles. The zero-order valence-corrected chi connectivity index (χ0v) is 42.7. The molecule has 0 rings (SSSR count). The van der Waals surface area contributed by atoms with Gasteiger partial charge in [-0.2, -0.15) is 0 Å². The van der Waals surface area contributed by atoms with Gasteiger partial charge in [0.15, 0.2) is 6.10 Å². The van der Waals surface area contributed by atoms with Crippen molar-refractivity contribution in [1.82, 2.24) is 0 Å². The number of carbonyl (C=O) groups excluding carboxylic acids is 2. The Balaban J connectivity index is 4.42. The zero-order valence-electron chi connectivity index (χ0n) is 42.7. The minimum atomic E-state index is -0.600. The number of carbonyl (C=O) groups is 2. The molecule has 0 amide bonds. The van der Waals surface area contributed by atoms with E-state index < -0.39 is 6.10 Å². The number of allylic oxidation sites excluding steroid dienone is 22. The third kappa shape index (κ3) is 52.7. The van der Waals surface area contributed by atoms with Crippen molar-refractivity contribution >= 4 is 11.9 Å². The van der Waals surface area contributed by atoms with Crippen LogP contribution in [-0.2, 0) is 23.8 Å². The van der Waals surface area contributed by atoms with Crippen LogP contribution in [0.3, 0.4) is 0 Å². The summed E-state index contributed by atoms with van der Waals surface area (Å²) in [7, 11) is 0. The summed E-state index contributed by atoms with van der Waals surface area (Å²) in [5, 5.41) is 0. The Labute approximate surface area is 407 Å². The third-order valence-corrected chi connectivity index (χ3v) is 10.7. The summed E-state index contributed by atoms with van der Waals surface area (Å²) in [5.41, 5.74) is 0. The van der Waals surface area contributed by atoms with Crippen molar-refractivity contribution in [2.24, 2.45) is 0 Å². The fourth-order valence-corrected chi connectivity index (χ4v) is 6.76. The van der Waals surface area contributed by atoms with Crippen molar-refractivity contribution in [3.05, 3.63) is 134 Å². The Hall–Kier alpha value is -3.96. The van der Waals surface area contributed by atoms with E-state index in [2.05, 4.69) is 148 Å². The molecular formula is C61H98O5. The molecule has 0 radical (unpaired) electrons. The maximum Gasteiger partial charge on any atom is 0.306 e. The number of hydrogen-bond donors (Lipinski definition) is 0. The van der Waals surface area contributed by atoms with Gasteiger partial charge in [0.2, 0.25) is 0 Å². The molecule has 0 aromatic carbocycles. The van der Waals surface area contributed by atoms with Crippen molar-refractivity contribution in [3.8, 4) is 0 Å². The molecule has 0 saturated heterocycles. The van der Waals surface area contributed by atoms with Gasteiger partial charge in [-0.05, 0) is 122 Å². The van der Waals surface area contributed by atoms with Crippen LogP contribution in [0.1, 0.15) is 213 Å². The number of hydrogen-bond acceptors (Lipinski definition) is 5. The summed E-state index contributed by atoms with van der Waals surface area (Å²) in [6.45, 7) is 7.42. The molecule has 0 aromatic rings. The van der Waals surface area contributed by atoms with Crippen LogP contribution in [0.2, 0.25) is 0 Å². The van der Waals surface area contributed by atoms with E-state index in [-0.39, 0.29) is 31.6 Å². The topological polar surface area (TPSA) is 61.8 Å². The van der Waals surface area contributed by atoms with E-state index in [1.807, 2.05) is 6.08 Å². The van der Waals surface area contributed by atoms with E-state index in [0.29, 0.717) is 19.4 Å². The van der Waals surface area contributed by atoms with Gasteiger partial charge in [0, 0.05) is 19.4 Å². The quantitative estimate of drug-likeness (QED) is 0.0346. The number of rotatable bonds is 47. The predicted octanol–water partition coefficient (Wildman–Crippen LogP) is 18.3. The molecule has 0 aliphatic rings. The van der Waals surface area contributed by atoms with E-state index in [1.54, 1.807) is 0 Å². The number of unbranched alkanes of at least 4 members (excludes halogenated alkanes) is 14. The van der Waals surface area contributed by atoms with E-state index >= 15 is 0 Å².